The number of anilines is 1. The monoisotopic (exact) mass is 475 g/mol. The summed E-state index contributed by atoms with van der Waals surface area (Å²) in [6, 6.07) is 5.44. The Morgan fingerprint density at radius 2 is 1.50 bits per heavy atom. The summed E-state index contributed by atoms with van der Waals surface area (Å²) in [7, 11) is 0. The van der Waals surface area contributed by atoms with Crippen LogP contribution in [0, 0.1) is 16.0 Å². The molecule has 0 unspecified atom stereocenters. The standard InChI is InChI=1S/C22H25N3O9/c1-5-32-20(27)17-12(3)23-13(4)18(21(28)33-6-2)19(17)22(29)34-11-16(26)24-14-9-7-8-10-15(14)25(30)31/h7-10,19,23H,5-6,11H2,1-4H3,(H,24,26). The number of rotatable bonds is 9. The zero-order valence-electron chi connectivity index (χ0n) is 19.1. The Kier molecular flexibility index (Phi) is 8.87. The predicted octanol–water partition coefficient (Wildman–Crippen LogP) is 1.97. The normalized spacial score (nSPS) is 13.6. The highest BCUT2D eigenvalue weighted by atomic mass is 16.6. The highest BCUT2D eigenvalue weighted by Gasteiger charge is 2.42. The fourth-order valence-corrected chi connectivity index (χ4v) is 3.33. The van der Waals surface area contributed by atoms with Crippen molar-refractivity contribution in [1.29, 1.82) is 0 Å². The summed E-state index contributed by atoms with van der Waals surface area (Å²) in [6.07, 6.45) is 0. The van der Waals surface area contributed by atoms with Gasteiger partial charge in [0.15, 0.2) is 6.61 Å². The molecule has 12 nitrogen and oxygen atoms in total. The second-order valence-electron chi connectivity index (χ2n) is 7.01. The van der Waals surface area contributed by atoms with Crippen molar-refractivity contribution in [2.75, 3.05) is 25.1 Å². The largest absolute Gasteiger partial charge is 0.463 e. The summed E-state index contributed by atoms with van der Waals surface area (Å²) in [5.74, 6) is -5.10. The van der Waals surface area contributed by atoms with E-state index in [1.807, 2.05) is 0 Å². The fourth-order valence-electron chi connectivity index (χ4n) is 3.33. The van der Waals surface area contributed by atoms with Gasteiger partial charge in [0.1, 0.15) is 11.6 Å². The first-order chi connectivity index (χ1) is 16.1. The Labute approximate surface area is 195 Å². The number of amides is 1. The van der Waals surface area contributed by atoms with Gasteiger partial charge in [0.05, 0.1) is 29.3 Å². The van der Waals surface area contributed by atoms with E-state index >= 15 is 0 Å². The van der Waals surface area contributed by atoms with E-state index in [0.717, 1.165) is 0 Å². The fraction of sp³-hybridized carbons (Fsp3) is 0.364. The molecule has 0 radical (unpaired) electrons. The van der Waals surface area contributed by atoms with Crippen LogP contribution in [0.15, 0.2) is 46.8 Å². The first-order valence-electron chi connectivity index (χ1n) is 10.3. The minimum Gasteiger partial charge on any atom is -0.463 e. The van der Waals surface area contributed by atoms with Gasteiger partial charge in [-0.15, -0.1) is 0 Å². The number of para-hydroxylation sites is 2. The second kappa shape index (κ2) is 11.6. The van der Waals surface area contributed by atoms with Crippen LogP contribution in [0.3, 0.4) is 0 Å². The molecule has 182 valence electrons. The average molecular weight is 475 g/mol. The molecular weight excluding hydrogens is 450 g/mol. The van der Waals surface area contributed by atoms with Crippen molar-refractivity contribution in [2.24, 2.45) is 5.92 Å². The van der Waals surface area contributed by atoms with Crippen molar-refractivity contribution in [1.82, 2.24) is 5.32 Å². The molecule has 2 N–H and O–H groups in total. The molecule has 0 fully saturated rings. The molecule has 0 aliphatic carbocycles. The number of nitrogens with one attached hydrogen (secondary N) is 2. The molecule has 34 heavy (non-hydrogen) atoms. The van der Waals surface area contributed by atoms with E-state index < -0.39 is 41.3 Å². The lowest BCUT2D eigenvalue weighted by molar-refractivity contribution is -0.383. The van der Waals surface area contributed by atoms with Crippen molar-refractivity contribution in [2.45, 2.75) is 27.7 Å². The highest BCUT2D eigenvalue weighted by molar-refractivity contribution is 6.06. The van der Waals surface area contributed by atoms with Crippen LogP contribution in [0.4, 0.5) is 11.4 Å². The zero-order chi connectivity index (χ0) is 25.4. The Morgan fingerprint density at radius 1 is 0.971 bits per heavy atom. The van der Waals surface area contributed by atoms with E-state index in [2.05, 4.69) is 10.6 Å². The molecule has 0 bridgehead atoms. The SMILES string of the molecule is CCOC(=O)C1=C(C)NC(C)=C(C(=O)OCC)C1C(=O)OCC(=O)Nc1ccccc1[N+](=O)[O-]. The topological polar surface area (TPSA) is 163 Å². The quantitative estimate of drug-likeness (QED) is 0.234. The summed E-state index contributed by atoms with van der Waals surface area (Å²) in [5.41, 5.74) is -0.182. The van der Waals surface area contributed by atoms with Crippen LogP contribution in [0.2, 0.25) is 0 Å². The molecule has 2 rings (SSSR count). The molecule has 1 aromatic carbocycles. The van der Waals surface area contributed by atoms with E-state index in [-0.39, 0.29) is 47.1 Å². The van der Waals surface area contributed by atoms with Crippen molar-refractivity contribution in [3.8, 4) is 0 Å². The molecule has 0 aromatic heterocycles. The van der Waals surface area contributed by atoms with Crippen molar-refractivity contribution in [3.05, 3.63) is 56.9 Å². The number of nitro groups is 1. The number of allylic oxidation sites excluding steroid dienone is 2. The van der Waals surface area contributed by atoms with E-state index in [4.69, 9.17) is 14.2 Å². The first kappa shape index (κ1) is 26.0. The third-order valence-corrected chi connectivity index (χ3v) is 4.71. The number of hydrogen-bond acceptors (Lipinski definition) is 10. The van der Waals surface area contributed by atoms with Gasteiger partial charge in [-0.2, -0.15) is 0 Å². The number of esters is 3. The highest BCUT2D eigenvalue weighted by Crippen LogP contribution is 2.32. The van der Waals surface area contributed by atoms with Crippen LogP contribution >= 0.6 is 0 Å². The van der Waals surface area contributed by atoms with E-state index in [0.29, 0.717) is 0 Å². The maximum atomic E-state index is 13.0. The summed E-state index contributed by atoms with van der Waals surface area (Å²) in [4.78, 5) is 61.0. The predicted molar refractivity (Wildman–Crippen MR) is 118 cm³/mol. The Balaban J connectivity index is 2.28. The third kappa shape index (κ3) is 5.97. The lowest BCUT2D eigenvalue weighted by Crippen LogP contribution is -2.39. The maximum absolute atomic E-state index is 13.0. The van der Waals surface area contributed by atoms with Gasteiger partial charge in [0.2, 0.25) is 0 Å². The van der Waals surface area contributed by atoms with Gasteiger partial charge in [0.25, 0.3) is 11.6 Å². The molecule has 0 saturated heterocycles. The summed E-state index contributed by atoms with van der Waals surface area (Å²) < 4.78 is 15.2. The minimum absolute atomic E-state index is 0.0209. The van der Waals surface area contributed by atoms with E-state index in [1.165, 1.54) is 38.1 Å². The smallest absolute Gasteiger partial charge is 0.337 e. The molecule has 1 heterocycles. The van der Waals surface area contributed by atoms with E-state index in [1.54, 1.807) is 13.8 Å². The number of dihydropyridines is 1. The van der Waals surface area contributed by atoms with Gasteiger partial charge in [-0.05, 0) is 33.8 Å². The summed E-state index contributed by atoms with van der Waals surface area (Å²) >= 11 is 0. The molecule has 0 spiro atoms. The van der Waals surface area contributed by atoms with Crippen LogP contribution < -0.4 is 10.6 Å². The summed E-state index contributed by atoms with van der Waals surface area (Å²) in [6.45, 7) is 5.44. The van der Waals surface area contributed by atoms with Gasteiger partial charge in [-0.25, -0.2) is 9.59 Å². The lowest BCUT2D eigenvalue weighted by atomic mass is 9.85. The first-order valence-corrected chi connectivity index (χ1v) is 10.3. The number of nitrogens with zero attached hydrogens (tertiary/aromatic N) is 1. The molecular formula is C22H25N3O9. The molecule has 1 amide bonds. The molecule has 12 heteroatoms. The average Bonchev–Trinajstić information content (AvgIpc) is 2.77. The van der Waals surface area contributed by atoms with Gasteiger partial charge in [-0.3, -0.25) is 19.7 Å². The third-order valence-electron chi connectivity index (χ3n) is 4.71. The molecule has 1 aliphatic rings. The molecule has 1 aromatic rings. The van der Waals surface area contributed by atoms with Crippen molar-refractivity contribution >= 4 is 35.2 Å². The number of benzene rings is 1. The van der Waals surface area contributed by atoms with Crippen LogP contribution in [0.1, 0.15) is 27.7 Å². The van der Waals surface area contributed by atoms with E-state index in [9.17, 15) is 29.3 Å². The van der Waals surface area contributed by atoms with Crippen molar-refractivity contribution < 1.29 is 38.3 Å². The van der Waals surface area contributed by atoms with Gasteiger partial charge in [-0.1, -0.05) is 12.1 Å². The molecule has 0 saturated carbocycles. The number of ether oxygens (including phenoxy) is 3. The van der Waals surface area contributed by atoms with Gasteiger partial charge >= 0.3 is 17.9 Å². The maximum Gasteiger partial charge on any atom is 0.337 e. The summed E-state index contributed by atoms with van der Waals surface area (Å²) in [5, 5.41) is 16.3. The number of carbonyl (C=O) groups excluding carboxylic acids is 4. The van der Waals surface area contributed by atoms with Crippen LogP contribution in [0.5, 0.6) is 0 Å². The number of carbonyl (C=O) groups is 4. The van der Waals surface area contributed by atoms with Gasteiger partial charge < -0.3 is 24.8 Å². The van der Waals surface area contributed by atoms with Crippen LogP contribution in [0.25, 0.3) is 0 Å². The zero-order valence-corrected chi connectivity index (χ0v) is 19.1. The Hall–Kier alpha value is -4.22. The van der Waals surface area contributed by atoms with Crippen LogP contribution in [-0.4, -0.2) is 48.6 Å². The Morgan fingerprint density at radius 3 is 2.00 bits per heavy atom. The van der Waals surface area contributed by atoms with Crippen LogP contribution in [-0.2, 0) is 33.4 Å². The lowest BCUT2D eigenvalue weighted by Gasteiger charge is -2.28. The molecule has 0 atom stereocenters. The second-order valence-corrected chi connectivity index (χ2v) is 7.01. The number of nitro benzene ring substituents is 1. The number of hydrogen-bond donors (Lipinski definition) is 2. The Bertz CT molecular complexity index is 1040. The molecule has 1 aliphatic heterocycles. The van der Waals surface area contributed by atoms with Gasteiger partial charge in [0, 0.05) is 17.5 Å². The minimum atomic E-state index is -1.50. The van der Waals surface area contributed by atoms with Crippen molar-refractivity contribution in [3.63, 3.8) is 0 Å².